The number of hydrogen-bond acceptors (Lipinski definition) is 4. The van der Waals surface area contributed by atoms with Gasteiger partial charge < -0.3 is 15.0 Å². The van der Waals surface area contributed by atoms with Crippen LogP contribution in [0.5, 0.6) is 0 Å². The molecular formula is C29H26F4N4O3. The topological polar surface area (TPSA) is 83.0 Å². The van der Waals surface area contributed by atoms with Crippen molar-refractivity contribution in [3.8, 4) is 0 Å². The third kappa shape index (κ3) is 5.78. The van der Waals surface area contributed by atoms with E-state index in [1.807, 2.05) is 24.3 Å². The van der Waals surface area contributed by atoms with E-state index in [-0.39, 0.29) is 16.8 Å². The molecule has 208 valence electrons. The van der Waals surface area contributed by atoms with Gasteiger partial charge >= 0.3 is 12.2 Å². The number of anilines is 1. The molecule has 0 radical (unpaired) electrons. The fourth-order valence-electron chi connectivity index (χ4n) is 4.89. The van der Waals surface area contributed by atoms with Crippen molar-refractivity contribution < 1.29 is 31.9 Å². The summed E-state index contributed by atoms with van der Waals surface area (Å²) in [6, 6.07) is 18.2. The number of fused-ring (bicyclic) bond motifs is 1. The summed E-state index contributed by atoms with van der Waals surface area (Å²) in [5, 5.41) is 4.99. The Morgan fingerprint density at radius 2 is 1.70 bits per heavy atom. The number of carbonyl (C=O) groups excluding carboxylic acids is 2. The van der Waals surface area contributed by atoms with Gasteiger partial charge in [-0.25, -0.2) is 14.2 Å². The first-order valence-corrected chi connectivity index (χ1v) is 12.6. The van der Waals surface area contributed by atoms with Crippen molar-refractivity contribution in [3.05, 3.63) is 101 Å². The van der Waals surface area contributed by atoms with E-state index in [9.17, 15) is 22.8 Å². The number of amidine groups is 1. The molecule has 0 fully saturated rings. The van der Waals surface area contributed by atoms with Crippen LogP contribution in [0.15, 0.2) is 77.8 Å². The maximum atomic E-state index is 15.1. The van der Waals surface area contributed by atoms with Crippen LogP contribution in [0.1, 0.15) is 40.4 Å². The predicted molar refractivity (Wildman–Crippen MR) is 140 cm³/mol. The monoisotopic (exact) mass is 554 g/mol. The van der Waals surface area contributed by atoms with Crippen LogP contribution in [-0.2, 0) is 23.2 Å². The molecule has 11 heteroatoms. The van der Waals surface area contributed by atoms with Crippen molar-refractivity contribution in [2.24, 2.45) is 4.99 Å². The van der Waals surface area contributed by atoms with E-state index >= 15 is 4.39 Å². The highest BCUT2D eigenvalue weighted by Gasteiger charge is 2.50. The summed E-state index contributed by atoms with van der Waals surface area (Å²) in [5.41, 5.74) is 0.610. The smallest absolute Gasteiger partial charge is 0.425 e. The van der Waals surface area contributed by atoms with Crippen LogP contribution in [0.4, 0.5) is 28.0 Å². The SMILES string of the molecule is C[C@]1(c2cc(NC(=O)N3CCc4ccccc4C3)ccc2F)C[C@@H](C(F)(F)F)OC(NC(=O)c2ccccc2)=N1. The average Bonchev–Trinajstić information content (AvgIpc) is 2.93. The number of amides is 3. The van der Waals surface area contributed by atoms with E-state index in [1.54, 1.807) is 23.1 Å². The maximum Gasteiger partial charge on any atom is 0.425 e. The summed E-state index contributed by atoms with van der Waals surface area (Å²) in [6.45, 7) is 2.20. The first kappa shape index (κ1) is 27.2. The van der Waals surface area contributed by atoms with Crippen molar-refractivity contribution in [1.29, 1.82) is 0 Å². The van der Waals surface area contributed by atoms with Gasteiger partial charge in [-0.15, -0.1) is 0 Å². The number of carbonyl (C=O) groups is 2. The van der Waals surface area contributed by atoms with Crippen molar-refractivity contribution >= 4 is 23.6 Å². The molecule has 2 aliphatic heterocycles. The number of rotatable bonds is 3. The van der Waals surface area contributed by atoms with E-state index in [0.29, 0.717) is 19.5 Å². The Balaban J connectivity index is 1.40. The molecule has 2 atom stereocenters. The fourth-order valence-corrected chi connectivity index (χ4v) is 4.89. The molecular weight excluding hydrogens is 528 g/mol. The molecule has 40 heavy (non-hydrogen) atoms. The Kier molecular flexibility index (Phi) is 7.22. The van der Waals surface area contributed by atoms with E-state index in [1.165, 1.54) is 31.2 Å². The van der Waals surface area contributed by atoms with Gasteiger partial charge in [0.15, 0.2) is 6.10 Å². The van der Waals surface area contributed by atoms with Crippen molar-refractivity contribution in [2.75, 3.05) is 11.9 Å². The average molecular weight is 555 g/mol. The molecule has 0 saturated heterocycles. The number of alkyl halides is 3. The van der Waals surface area contributed by atoms with Gasteiger partial charge in [0, 0.05) is 36.3 Å². The summed E-state index contributed by atoms with van der Waals surface area (Å²) in [7, 11) is 0. The number of halogens is 4. The zero-order valence-electron chi connectivity index (χ0n) is 21.5. The van der Waals surface area contributed by atoms with Gasteiger partial charge in [-0.3, -0.25) is 10.1 Å². The predicted octanol–water partition coefficient (Wildman–Crippen LogP) is 5.77. The van der Waals surface area contributed by atoms with Gasteiger partial charge in [0.25, 0.3) is 11.9 Å². The summed E-state index contributed by atoms with van der Waals surface area (Å²) < 4.78 is 61.7. The Morgan fingerprint density at radius 3 is 2.42 bits per heavy atom. The van der Waals surface area contributed by atoms with Crippen LogP contribution in [0.25, 0.3) is 0 Å². The third-order valence-corrected chi connectivity index (χ3v) is 7.02. The molecule has 0 aromatic heterocycles. The number of nitrogens with zero attached hydrogens (tertiary/aromatic N) is 2. The van der Waals surface area contributed by atoms with Gasteiger partial charge in [0.1, 0.15) is 5.82 Å². The normalized spacial score (nSPS) is 20.6. The fraction of sp³-hybridized carbons (Fsp3) is 0.276. The van der Waals surface area contributed by atoms with Gasteiger partial charge in [-0.05, 0) is 54.8 Å². The van der Waals surface area contributed by atoms with Gasteiger partial charge in [-0.1, -0.05) is 42.5 Å². The minimum atomic E-state index is -4.81. The Labute approximate surface area is 227 Å². The van der Waals surface area contributed by atoms with Crippen molar-refractivity contribution in [2.45, 2.75) is 44.1 Å². The van der Waals surface area contributed by atoms with E-state index in [0.717, 1.165) is 17.2 Å². The first-order valence-electron chi connectivity index (χ1n) is 12.6. The molecule has 7 nitrogen and oxygen atoms in total. The standard InChI is InChI=1S/C29H26F4N4O3/c1-28(16-24(29(31,32)33)40-26(36-28)35-25(38)19-8-3-2-4-9-19)22-15-21(11-12-23(22)30)34-27(39)37-14-13-18-7-5-6-10-20(18)17-37/h2-12,15,24H,13-14,16-17H2,1H3,(H,34,39)(H,35,36,38)/t24-,28+/m0/s1. The highest BCUT2D eigenvalue weighted by atomic mass is 19.4. The lowest BCUT2D eigenvalue weighted by Crippen LogP contribution is -2.48. The lowest BCUT2D eigenvalue weighted by molar-refractivity contribution is -0.208. The van der Waals surface area contributed by atoms with E-state index < -0.39 is 48.0 Å². The third-order valence-electron chi connectivity index (χ3n) is 7.02. The van der Waals surface area contributed by atoms with Crippen LogP contribution in [0, 0.1) is 5.82 Å². The van der Waals surface area contributed by atoms with Crippen molar-refractivity contribution in [3.63, 3.8) is 0 Å². The molecule has 0 spiro atoms. The highest BCUT2D eigenvalue weighted by Crippen LogP contribution is 2.41. The van der Waals surface area contributed by atoms with Crippen molar-refractivity contribution in [1.82, 2.24) is 10.2 Å². The number of aliphatic imine (C=N–C) groups is 1. The molecule has 0 bridgehead atoms. The minimum absolute atomic E-state index is 0.181. The van der Waals surface area contributed by atoms with Gasteiger partial charge in [-0.2, -0.15) is 13.2 Å². The van der Waals surface area contributed by atoms with Gasteiger partial charge in [0.2, 0.25) is 0 Å². The molecule has 0 unspecified atom stereocenters. The second-order valence-corrected chi connectivity index (χ2v) is 9.93. The molecule has 0 aliphatic carbocycles. The molecule has 2 aliphatic rings. The Hall–Kier alpha value is -4.41. The largest absolute Gasteiger partial charge is 0.452 e. The maximum absolute atomic E-state index is 15.1. The highest BCUT2D eigenvalue weighted by molar-refractivity contribution is 6.04. The number of benzene rings is 3. The lowest BCUT2D eigenvalue weighted by Gasteiger charge is -2.37. The zero-order valence-corrected chi connectivity index (χ0v) is 21.5. The lowest BCUT2D eigenvalue weighted by atomic mass is 9.85. The molecule has 2 N–H and O–H groups in total. The van der Waals surface area contributed by atoms with Crippen LogP contribution < -0.4 is 10.6 Å². The number of hydrogen-bond donors (Lipinski definition) is 2. The second kappa shape index (κ2) is 10.6. The molecule has 2 heterocycles. The number of urea groups is 1. The Morgan fingerprint density at radius 1 is 1.00 bits per heavy atom. The quantitative estimate of drug-likeness (QED) is 0.404. The van der Waals surface area contributed by atoms with Gasteiger partial charge in [0.05, 0.1) is 5.54 Å². The molecule has 5 rings (SSSR count). The Bertz CT molecular complexity index is 1460. The minimum Gasteiger partial charge on any atom is -0.452 e. The van der Waals surface area contributed by atoms with Crippen LogP contribution in [0.2, 0.25) is 0 Å². The summed E-state index contributed by atoms with van der Waals surface area (Å²) in [5.74, 6) is -1.54. The molecule has 3 amide bonds. The summed E-state index contributed by atoms with van der Waals surface area (Å²) in [4.78, 5) is 31.4. The van der Waals surface area contributed by atoms with E-state index in [2.05, 4.69) is 15.6 Å². The zero-order chi connectivity index (χ0) is 28.5. The van der Waals surface area contributed by atoms with Crippen LogP contribution in [0.3, 0.4) is 0 Å². The number of ether oxygens (including phenoxy) is 1. The molecule has 3 aromatic carbocycles. The molecule has 3 aromatic rings. The number of nitrogens with one attached hydrogen (secondary N) is 2. The van der Waals surface area contributed by atoms with Crippen LogP contribution in [-0.4, -0.2) is 41.7 Å². The second-order valence-electron chi connectivity index (χ2n) is 9.93. The van der Waals surface area contributed by atoms with E-state index in [4.69, 9.17) is 4.74 Å². The summed E-state index contributed by atoms with van der Waals surface area (Å²) in [6.07, 6.45) is -7.22. The summed E-state index contributed by atoms with van der Waals surface area (Å²) >= 11 is 0. The molecule has 0 saturated carbocycles. The first-order chi connectivity index (χ1) is 19.0. The van der Waals surface area contributed by atoms with Crippen LogP contribution >= 0.6 is 0 Å².